The molecular weight excluding hydrogens is 508 g/mol. The Morgan fingerprint density at radius 3 is 2.68 bits per heavy atom. The van der Waals surface area contributed by atoms with E-state index in [0.717, 1.165) is 5.56 Å². The van der Waals surface area contributed by atoms with Crippen LogP contribution in [0.25, 0.3) is 0 Å². The minimum atomic E-state index is -1.23. The molecule has 3 heterocycles. The second kappa shape index (κ2) is 10.8. The van der Waals surface area contributed by atoms with Crippen molar-refractivity contribution in [2.45, 2.75) is 69.7 Å². The molecule has 6 atom stereocenters. The van der Waals surface area contributed by atoms with Crippen molar-refractivity contribution in [2.75, 3.05) is 24.7 Å². The lowest BCUT2D eigenvalue weighted by molar-refractivity contribution is -0.160. The molecule has 1 aromatic rings. The number of rotatable bonds is 11. The number of fused-ring (bicyclic) bond motifs is 1. The van der Waals surface area contributed by atoms with Crippen LogP contribution in [0.5, 0.6) is 0 Å². The third kappa shape index (κ3) is 4.27. The first-order chi connectivity index (χ1) is 18.1. The molecule has 0 saturated carbocycles. The number of hydrogen-bond acceptors (Lipinski definition) is 6. The number of halogens is 1. The fraction of sp³-hybridized carbons (Fsp3) is 0.552. The Morgan fingerprint density at radius 2 is 2.08 bits per heavy atom. The van der Waals surface area contributed by atoms with E-state index < -0.39 is 41.1 Å². The number of carbonyl (C=O) groups is 3. The van der Waals surface area contributed by atoms with Gasteiger partial charge < -0.3 is 24.4 Å². The van der Waals surface area contributed by atoms with Crippen LogP contribution in [0, 0.1) is 18.8 Å². The number of esters is 1. The van der Waals surface area contributed by atoms with Gasteiger partial charge in [-0.25, -0.2) is 0 Å². The standard InChI is InChI=1S/C29H37ClN2O6/c1-6-9-16-37-27(36)22-21-25(34)32(19(8-3)17-33)24(29(21)14-13-28(22,5)38-29)26(35)31(15-7-2)23-18(4)11-10-12-20(23)30/h6-7,10-12,19,21-22,24,33H,1-2,8-9,13-17H2,3-5H3/t19-,21-,22+,24?,28-,29?/m0/s1. The summed E-state index contributed by atoms with van der Waals surface area (Å²) in [5.74, 6) is -3.02. The molecule has 3 aliphatic rings. The van der Waals surface area contributed by atoms with Crippen LogP contribution in [-0.4, -0.2) is 70.8 Å². The van der Waals surface area contributed by atoms with Crippen molar-refractivity contribution in [3.8, 4) is 0 Å². The number of para-hydroxylation sites is 1. The van der Waals surface area contributed by atoms with Crippen LogP contribution in [0.1, 0.15) is 45.1 Å². The number of aryl methyl sites for hydroxylation is 1. The molecule has 2 unspecified atom stereocenters. The van der Waals surface area contributed by atoms with Gasteiger partial charge in [0.15, 0.2) is 0 Å². The molecule has 3 fully saturated rings. The summed E-state index contributed by atoms with van der Waals surface area (Å²) in [4.78, 5) is 45.1. The normalized spacial score (nSPS) is 30.2. The van der Waals surface area contributed by atoms with Gasteiger partial charge in [-0.1, -0.05) is 42.8 Å². The minimum absolute atomic E-state index is 0.155. The molecule has 0 aliphatic carbocycles. The van der Waals surface area contributed by atoms with E-state index in [-0.39, 0.29) is 31.6 Å². The van der Waals surface area contributed by atoms with Gasteiger partial charge in [-0.15, -0.1) is 13.2 Å². The van der Waals surface area contributed by atoms with Crippen LogP contribution in [0.2, 0.25) is 5.02 Å². The quantitative estimate of drug-likeness (QED) is 0.258. The summed E-state index contributed by atoms with van der Waals surface area (Å²) in [5, 5.41) is 10.6. The van der Waals surface area contributed by atoms with Crippen molar-refractivity contribution in [1.29, 1.82) is 0 Å². The van der Waals surface area contributed by atoms with Crippen molar-refractivity contribution >= 4 is 35.1 Å². The van der Waals surface area contributed by atoms with Gasteiger partial charge >= 0.3 is 5.97 Å². The zero-order valence-electron chi connectivity index (χ0n) is 22.3. The van der Waals surface area contributed by atoms with Crippen LogP contribution in [-0.2, 0) is 23.9 Å². The predicted molar refractivity (Wildman–Crippen MR) is 145 cm³/mol. The van der Waals surface area contributed by atoms with Gasteiger partial charge in [-0.2, -0.15) is 0 Å². The van der Waals surface area contributed by atoms with E-state index in [4.69, 9.17) is 21.1 Å². The predicted octanol–water partition coefficient (Wildman–Crippen LogP) is 3.82. The highest BCUT2D eigenvalue weighted by Crippen LogP contribution is 2.64. The number of hydrogen-bond donors (Lipinski definition) is 1. The Balaban J connectivity index is 1.83. The van der Waals surface area contributed by atoms with Gasteiger partial charge in [0, 0.05) is 6.54 Å². The molecule has 1 aromatic carbocycles. The first-order valence-electron chi connectivity index (χ1n) is 13.2. The Labute approximate surface area is 229 Å². The fourth-order valence-electron chi connectivity index (χ4n) is 6.67. The number of aliphatic hydroxyl groups is 1. The lowest BCUT2D eigenvalue weighted by Gasteiger charge is -2.39. The zero-order chi connectivity index (χ0) is 27.8. The average molecular weight is 545 g/mol. The van der Waals surface area contributed by atoms with Gasteiger partial charge in [0.05, 0.1) is 41.5 Å². The topological polar surface area (TPSA) is 96.4 Å². The van der Waals surface area contributed by atoms with Gasteiger partial charge in [-0.3, -0.25) is 14.4 Å². The van der Waals surface area contributed by atoms with E-state index in [1.807, 2.05) is 32.9 Å². The second-order valence-corrected chi connectivity index (χ2v) is 11.0. The molecule has 9 heteroatoms. The van der Waals surface area contributed by atoms with E-state index in [2.05, 4.69) is 13.2 Å². The molecule has 2 bridgehead atoms. The first kappa shape index (κ1) is 28.3. The van der Waals surface area contributed by atoms with Gasteiger partial charge in [0.25, 0.3) is 5.91 Å². The highest BCUT2D eigenvalue weighted by molar-refractivity contribution is 6.34. The molecule has 2 amide bonds. The summed E-state index contributed by atoms with van der Waals surface area (Å²) in [6.07, 6.45) is 5.10. The SMILES string of the molecule is C=CCCOC(=O)[C@H]1[C@H]2C(=O)N([C@@H](CC)CO)C(C(=O)N(CC=C)c3c(C)cccc3Cl)C23CC[C@]1(C)O3. The number of ether oxygens (including phenoxy) is 2. The fourth-order valence-corrected chi connectivity index (χ4v) is 7.00. The molecule has 3 aliphatic heterocycles. The maximum absolute atomic E-state index is 14.6. The molecule has 3 saturated heterocycles. The minimum Gasteiger partial charge on any atom is -0.465 e. The number of aliphatic hydroxyl groups excluding tert-OH is 1. The van der Waals surface area contributed by atoms with Crippen LogP contribution in [0.4, 0.5) is 5.69 Å². The number of carbonyl (C=O) groups excluding carboxylic acids is 3. The number of likely N-dealkylation sites (tertiary alicyclic amines) is 1. The van der Waals surface area contributed by atoms with Crippen molar-refractivity contribution in [1.82, 2.24) is 4.90 Å². The van der Waals surface area contributed by atoms with E-state index >= 15 is 0 Å². The molecule has 0 radical (unpaired) electrons. The summed E-state index contributed by atoms with van der Waals surface area (Å²) < 4.78 is 12.2. The third-order valence-corrected chi connectivity index (χ3v) is 8.69. The molecule has 0 aromatic heterocycles. The summed E-state index contributed by atoms with van der Waals surface area (Å²) in [6.45, 7) is 13.0. The average Bonchev–Trinajstić information content (AvgIpc) is 3.45. The Morgan fingerprint density at radius 1 is 1.34 bits per heavy atom. The van der Waals surface area contributed by atoms with Crippen molar-refractivity contribution < 1.29 is 29.0 Å². The zero-order valence-corrected chi connectivity index (χ0v) is 23.1. The van der Waals surface area contributed by atoms with E-state index in [0.29, 0.717) is 36.4 Å². The van der Waals surface area contributed by atoms with Crippen molar-refractivity contribution in [2.24, 2.45) is 11.8 Å². The number of anilines is 1. The van der Waals surface area contributed by atoms with Crippen LogP contribution in [0.15, 0.2) is 43.5 Å². The van der Waals surface area contributed by atoms with Crippen LogP contribution < -0.4 is 4.90 Å². The van der Waals surface area contributed by atoms with E-state index in [9.17, 15) is 19.5 Å². The summed E-state index contributed by atoms with van der Waals surface area (Å²) in [5.41, 5.74) is -0.857. The van der Waals surface area contributed by atoms with Crippen molar-refractivity contribution in [3.63, 3.8) is 0 Å². The van der Waals surface area contributed by atoms with Crippen LogP contribution in [0.3, 0.4) is 0 Å². The van der Waals surface area contributed by atoms with Crippen LogP contribution >= 0.6 is 11.6 Å². The molecule has 38 heavy (non-hydrogen) atoms. The number of benzene rings is 1. The molecule has 206 valence electrons. The molecule has 8 nitrogen and oxygen atoms in total. The molecule has 1 N–H and O–H groups in total. The number of amides is 2. The molecular formula is C29H37ClN2O6. The third-order valence-electron chi connectivity index (χ3n) is 8.38. The highest BCUT2D eigenvalue weighted by atomic mass is 35.5. The van der Waals surface area contributed by atoms with Gasteiger partial charge in [0.2, 0.25) is 5.91 Å². The lowest BCUT2D eigenvalue weighted by Crippen LogP contribution is -2.59. The molecule has 1 spiro atoms. The van der Waals surface area contributed by atoms with Crippen molar-refractivity contribution in [3.05, 3.63) is 54.1 Å². The molecule has 4 rings (SSSR count). The lowest BCUT2D eigenvalue weighted by atomic mass is 9.66. The number of nitrogens with zero attached hydrogens (tertiary/aromatic N) is 2. The monoisotopic (exact) mass is 544 g/mol. The van der Waals surface area contributed by atoms with Gasteiger partial charge in [-0.05, 0) is 51.2 Å². The highest BCUT2D eigenvalue weighted by Gasteiger charge is 2.79. The van der Waals surface area contributed by atoms with E-state index in [1.165, 1.54) is 9.80 Å². The Bertz CT molecular complexity index is 1120. The maximum Gasteiger partial charge on any atom is 0.312 e. The first-order valence-corrected chi connectivity index (χ1v) is 13.6. The Hall–Kier alpha value is -2.68. The Kier molecular flexibility index (Phi) is 8.07. The summed E-state index contributed by atoms with van der Waals surface area (Å²) >= 11 is 6.58. The summed E-state index contributed by atoms with van der Waals surface area (Å²) in [6, 6.07) is 3.70. The maximum atomic E-state index is 14.6. The van der Waals surface area contributed by atoms with Gasteiger partial charge in [0.1, 0.15) is 17.6 Å². The smallest absolute Gasteiger partial charge is 0.312 e. The van der Waals surface area contributed by atoms with E-state index in [1.54, 1.807) is 18.2 Å². The largest absolute Gasteiger partial charge is 0.465 e. The second-order valence-electron chi connectivity index (χ2n) is 10.6. The summed E-state index contributed by atoms with van der Waals surface area (Å²) in [7, 11) is 0.